The molecule has 3 aromatic rings. The van der Waals surface area contributed by atoms with E-state index in [0.29, 0.717) is 11.5 Å². The van der Waals surface area contributed by atoms with E-state index in [1.807, 2.05) is 37.3 Å². The molecule has 0 fully saturated rings. The predicted molar refractivity (Wildman–Crippen MR) is 108 cm³/mol. The van der Waals surface area contributed by atoms with Crippen molar-refractivity contribution in [2.24, 2.45) is 0 Å². The molecule has 1 aromatic heterocycles. The zero-order valence-electron chi connectivity index (χ0n) is 15.8. The molecule has 0 aliphatic heterocycles. The van der Waals surface area contributed by atoms with Gasteiger partial charge in [0.15, 0.2) is 0 Å². The summed E-state index contributed by atoms with van der Waals surface area (Å²) in [4.78, 5) is 23.3. The lowest BCUT2D eigenvalue weighted by Gasteiger charge is -2.09. The number of amides is 1. The van der Waals surface area contributed by atoms with E-state index in [-0.39, 0.29) is 16.8 Å². The highest BCUT2D eigenvalue weighted by molar-refractivity contribution is 6.09. The smallest absolute Gasteiger partial charge is 0.276 e. The Labute approximate surface area is 166 Å². The van der Waals surface area contributed by atoms with Crippen LogP contribution in [-0.4, -0.2) is 20.6 Å². The first-order chi connectivity index (χ1) is 13.9. The van der Waals surface area contributed by atoms with Gasteiger partial charge >= 0.3 is 0 Å². The number of hydrogen-bond donors (Lipinski definition) is 1. The summed E-state index contributed by atoms with van der Waals surface area (Å²) in [5, 5.41) is 27.6. The van der Waals surface area contributed by atoms with E-state index in [4.69, 9.17) is 0 Å². The van der Waals surface area contributed by atoms with E-state index in [2.05, 4.69) is 10.4 Å². The van der Waals surface area contributed by atoms with Gasteiger partial charge in [-0.2, -0.15) is 10.4 Å². The molecule has 0 spiro atoms. The Bertz CT molecular complexity index is 1150. The summed E-state index contributed by atoms with van der Waals surface area (Å²) < 4.78 is 1.56. The molecule has 0 saturated carbocycles. The van der Waals surface area contributed by atoms with E-state index < -0.39 is 10.8 Å². The molecule has 0 aliphatic carbocycles. The van der Waals surface area contributed by atoms with E-state index in [1.165, 1.54) is 24.3 Å². The second-order valence-corrected chi connectivity index (χ2v) is 6.36. The largest absolute Gasteiger partial charge is 0.306 e. The monoisotopic (exact) mass is 387 g/mol. The molecular formula is C21H17N5O3. The fourth-order valence-corrected chi connectivity index (χ4v) is 2.73. The number of para-hydroxylation sites is 1. The minimum atomic E-state index is -0.682. The van der Waals surface area contributed by atoms with Crippen LogP contribution in [0.25, 0.3) is 11.8 Å². The lowest BCUT2D eigenvalue weighted by atomic mass is 10.1. The average molecular weight is 387 g/mol. The zero-order valence-corrected chi connectivity index (χ0v) is 15.8. The summed E-state index contributed by atoms with van der Waals surface area (Å²) in [6, 6.07) is 17.0. The number of anilines is 1. The van der Waals surface area contributed by atoms with Crippen LogP contribution in [0, 0.1) is 35.3 Å². The summed E-state index contributed by atoms with van der Waals surface area (Å²) in [5.74, 6) is -0.293. The predicted octanol–water partition coefficient (Wildman–Crippen LogP) is 3.94. The Morgan fingerprint density at radius 1 is 1.21 bits per heavy atom. The molecule has 2 aromatic carbocycles. The highest BCUT2D eigenvalue weighted by Crippen LogP contribution is 2.22. The van der Waals surface area contributed by atoms with Gasteiger partial charge in [-0.25, -0.2) is 4.68 Å². The molecule has 3 rings (SSSR count). The van der Waals surface area contributed by atoms with Crippen molar-refractivity contribution in [3.63, 3.8) is 0 Å². The van der Waals surface area contributed by atoms with Gasteiger partial charge in [-0.05, 0) is 38.1 Å². The summed E-state index contributed by atoms with van der Waals surface area (Å²) in [5.41, 5.74) is 2.25. The number of carbonyl (C=O) groups excluding carboxylic acids is 1. The third kappa shape index (κ3) is 4.36. The maximum Gasteiger partial charge on any atom is 0.276 e. The molecule has 1 amide bonds. The molecule has 8 heteroatoms. The number of nitriles is 1. The van der Waals surface area contributed by atoms with E-state index in [1.54, 1.807) is 23.7 Å². The van der Waals surface area contributed by atoms with Crippen molar-refractivity contribution in [2.75, 3.05) is 5.32 Å². The van der Waals surface area contributed by atoms with Crippen LogP contribution in [0.2, 0.25) is 0 Å². The maximum atomic E-state index is 12.7. The van der Waals surface area contributed by atoms with Crippen LogP contribution >= 0.6 is 0 Å². The summed E-state index contributed by atoms with van der Waals surface area (Å²) >= 11 is 0. The number of nitrogens with one attached hydrogen (secondary N) is 1. The van der Waals surface area contributed by atoms with Crippen molar-refractivity contribution >= 4 is 23.5 Å². The Morgan fingerprint density at radius 2 is 1.90 bits per heavy atom. The van der Waals surface area contributed by atoms with Crippen molar-refractivity contribution in [1.82, 2.24) is 9.78 Å². The lowest BCUT2D eigenvalue weighted by molar-refractivity contribution is -0.385. The van der Waals surface area contributed by atoms with Crippen LogP contribution in [0.1, 0.15) is 16.8 Å². The summed E-state index contributed by atoms with van der Waals surface area (Å²) in [6.07, 6.45) is 1.20. The molecular weight excluding hydrogens is 370 g/mol. The van der Waals surface area contributed by atoms with Gasteiger partial charge in [0, 0.05) is 12.1 Å². The SMILES string of the molecule is Cc1ccc(-n2nc(C)cc2NC(=O)/C(C#N)=C/c2ccccc2[N+](=O)[O-])cc1. The van der Waals surface area contributed by atoms with Crippen LogP contribution in [0.15, 0.2) is 60.2 Å². The first kappa shape index (κ1) is 19.5. The van der Waals surface area contributed by atoms with Crippen LogP contribution in [-0.2, 0) is 4.79 Å². The Kier molecular flexibility index (Phi) is 5.51. The first-order valence-corrected chi connectivity index (χ1v) is 8.69. The molecule has 1 heterocycles. The molecule has 0 atom stereocenters. The third-order valence-corrected chi connectivity index (χ3v) is 4.15. The van der Waals surface area contributed by atoms with E-state index in [9.17, 15) is 20.2 Å². The molecule has 0 saturated heterocycles. The first-order valence-electron chi connectivity index (χ1n) is 8.69. The second kappa shape index (κ2) is 8.19. The Morgan fingerprint density at radius 3 is 2.55 bits per heavy atom. The van der Waals surface area contributed by atoms with Crippen LogP contribution < -0.4 is 5.32 Å². The number of aryl methyl sites for hydroxylation is 2. The summed E-state index contributed by atoms with van der Waals surface area (Å²) in [7, 11) is 0. The number of aromatic nitrogens is 2. The van der Waals surface area contributed by atoms with Gasteiger partial charge in [0.1, 0.15) is 17.5 Å². The second-order valence-electron chi connectivity index (χ2n) is 6.36. The van der Waals surface area contributed by atoms with Crippen LogP contribution in [0.3, 0.4) is 0 Å². The Hall–Kier alpha value is -4.25. The number of rotatable bonds is 5. The van der Waals surface area contributed by atoms with Crippen LogP contribution in [0.5, 0.6) is 0 Å². The fourth-order valence-electron chi connectivity index (χ4n) is 2.73. The number of carbonyl (C=O) groups is 1. The van der Waals surface area contributed by atoms with Crippen molar-refractivity contribution in [3.05, 3.63) is 87.1 Å². The number of nitrogens with zero attached hydrogens (tertiary/aromatic N) is 4. The van der Waals surface area contributed by atoms with Gasteiger partial charge in [-0.15, -0.1) is 0 Å². The van der Waals surface area contributed by atoms with E-state index in [0.717, 1.165) is 11.3 Å². The average Bonchev–Trinajstić information content (AvgIpc) is 3.06. The third-order valence-electron chi connectivity index (χ3n) is 4.15. The standard InChI is InChI=1S/C21H17N5O3/c1-14-7-9-18(10-8-14)25-20(11-15(2)24-25)23-21(27)17(13-22)12-16-5-3-4-6-19(16)26(28)29/h3-12H,1-2H3,(H,23,27)/b17-12+. The van der Waals surface area contributed by atoms with Gasteiger partial charge < -0.3 is 5.32 Å². The fraction of sp³-hybridized carbons (Fsp3) is 0.0952. The van der Waals surface area contributed by atoms with Crippen molar-refractivity contribution in [3.8, 4) is 11.8 Å². The molecule has 0 aliphatic rings. The molecule has 144 valence electrons. The normalized spacial score (nSPS) is 11.0. The molecule has 8 nitrogen and oxygen atoms in total. The van der Waals surface area contributed by atoms with Gasteiger partial charge in [0.25, 0.3) is 11.6 Å². The molecule has 29 heavy (non-hydrogen) atoms. The molecule has 0 bridgehead atoms. The van der Waals surface area contributed by atoms with Gasteiger partial charge in [-0.3, -0.25) is 14.9 Å². The molecule has 0 unspecified atom stereocenters. The number of nitro benzene ring substituents is 1. The zero-order chi connectivity index (χ0) is 21.0. The summed E-state index contributed by atoms with van der Waals surface area (Å²) in [6.45, 7) is 3.75. The lowest BCUT2D eigenvalue weighted by Crippen LogP contribution is -2.16. The molecule has 1 N–H and O–H groups in total. The van der Waals surface area contributed by atoms with E-state index >= 15 is 0 Å². The molecule has 0 radical (unpaired) electrons. The van der Waals surface area contributed by atoms with Crippen molar-refractivity contribution in [1.29, 1.82) is 5.26 Å². The van der Waals surface area contributed by atoms with Crippen molar-refractivity contribution in [2.45, 2.75) is 13.8 Å². The quantitative estimate of drug-likeness (QED) is 0.308. The number of nitro groups is 1. The Balaban J connectivity index is 1.93. The minimum absolute atomic E-state index is 0.174. The van der Waals surface area contributed by atoms with Crippen molar-refractivity contribution < 1.29 is 9.72 Å². The van der Waals surface area contributed by atoms with Gasteiger partial charge in [0.2, 0.25) is 0 Å². The topological polar surface area (TPSA) is 114 Å². The minimum Gasteiger partial charge on any atom is -0.306 e. The van der Waals surface area contributed by atoms with Gasteiger partial charge in [0.05, 0.1) is 21.9 Å². The highest BCUT2D eigenvalue weighted by Gasteiger charge is 2.17. The number of hydrogen-bond acceptors (Lipinski definition) is 5. The maximum absolute atomic E-state index is 12.7. The van der Waals surface area contributed by atoms with Crippen LogP contribution in [0.4, 0.5) is 11.5 Å². The highest BCUT2D eigenvalue weighted by atomic mass is 16.6. The van der Waals surface area contributed by atoms with Gasteiger partial charge in [-0.1, -0.05) is 29.8 Å². The number of benzene rings is 2.